The van der Waals surface area contributed by atoms with Crippen LogP contribution in [0.2, 0.25) is 0 Å². The highest BCUT2D eigenvalue weighted by Crippen LogP contribution is 2.19. The van der Waals surface area contributed by atoms with Crippen LogP contribution in [0.5, 0.6) is 0 Å². The first-order valence-electron chi connectivity index (χ1n) is 6.43. The van der Waals surface area contributed by atoms with E-state index in [1.807, 2.05) is 17.9 Å². The summed E-state index contributed by atoms with van der Waals surface area (Å²) in [6, 6.07) is 6.96. The Bertz CT molecular complexity index is 515. The van der Waals surface area contributed by atoms with E-state index in [0.717, 1.165) is 18.6 Å². The summed E-state index contributed by atoms with van der Waals surface area (Å²) in [6.45, 7) is 6.32. The second kappa shape index (κ2) is 5.40. The van der Waals surface area contributed by atoms with Gasteiger partial charge in [0.05, 0.1) is 17.4 Å². The van der Waals surface area contributed by atoms with Gasteiger partial charge in [-0.15, -0.1) is 0 Å². The van der Waals surface area contributed by atoms with Gasteiger partial charge in [-0.25, -0.2) is 4.98 Å². The van der Waals surface area contributed by atoms with Crippen LogP contribution in [0.15, 0.2) is 24.5 Å². The fourth-order valence-corrected chi connectivity index (χ4v) is 2.01. The summed E-state index contributed by atoms with van der Waals surface area (Å²) in [5.74, 6) is 0. The first-order chi connectivity index (χ1) is 8.58. The smallest absolute Gasteiger partial charge is 0.0955 e. The normalized spacial score (nSPS) is 11.4. The molecule has 0 spiro atoms. The molecule has 4 nitrogen and oxygen atoms in total. The average molecular weight is 246 g/mol. The monoisotopic (exact) mass is 246 g/mol. The van der Waals surface area contributed by atoms with Gasteiger partial charge in [0, 0.05) is 38.9 Å². The zero-order valence-electron chi connectivity index (χ0n) is 11.6. The van der Waals surface area contributed by atoms with Crippen LogP contribution in [-0.4, -0.2) is 35.7 Å². The summed E-state index contributed by atoms with van der Waals surface area (Å²) in [7, 11) is 4.14. The van der Waals surface area contributed by atoms with Crippen LogP contribution in [0.4, 0.5) is 5.69 Å². The zero-order chi connectivity index (χ0) is 13.1. The molecule has 0 radical (unpaired) electrons. The van der Waals surface area contributed by atoms with Crippen LogP contribution < -0.4 is 10.2 Å². The van der Waals surface area contributed by atoms with Gasteiger partial charge in [0.25, 0.3) is 0 Å². The molecular weight excluding hydrogens is 224 g/mol. The molecule has 0 aliphatic rings. The zero-order valence-corrected chi connectivity index (χ0v) is 11.6. The van der Waals surface area contributed by atoms with Crippen molar-refractivity contribution in [3.63, 3.8) is 0 Å². The van der Waals surface area contributed by atoms with Gasteiger partial charge in [0.2, 0.25) is 0 Å². The Labute approximate surface area is 109 Å². The topological polar surface area (TPSA) is 33.1 Å². The molecule has 0 aliphatic heterocycles. The van der Waals surface area contributed by atoms with E-state index in [9.17, 15) is 0 Å². The molecule has 98 valence electrons. The summed E-state index contributed by atoms with van der Waals surface area (Å²) in [4.78, 5) is 6.64. The van der Waals surface area contributed by atoms with Crippen LogP contribution >= 0.6 is 0 Å². The van der Waals surface area contributed by atoms with Crippen LogP contribution in [0.3, 0.4) is 0 Å². The second-order valence-electron chi connectivity index (χ2n) is 5.06. The molecule has 0 amide bonds. The van der Waals surface area contributed by atoms with Crippen LogP contribution in [0, 0.1) is 0 Å². The maximum Gasteiger partial charge on any atom is 0.0955 e. The highest BCUT2D eigenvalue weighted by atomic mass is 15.1. The average Bonchev–Trinajstić information content (AvgIpc) is 2.70. The van der Waals surface area contributed by atoms with E-state index in [2.05, 4.69) is 54.3 Å². The second-order valence-corrected chi connectivity index (χ2v) is 5.06. The lowest BCUT2D eigenvalue weighted by molar-refractivity contribution is 0.589. The lowest BCUT2D eigenvalue weighted by atomic mass is 10.2. The van der Waals surface area contributed by atoms with Crippen molar-refractivity contribution < 1.29 is 0 Å². The molecule has 0 unspecified atom stereocenters. The van der Waals surface area contributed by atoms with Gasteiger partial charge in [-0.2, -0.15) is 0 Å². The fourth-order valence-electron chi connectivity index (χ4n) is 2.01. The van der Waals surface area contributed by atoms with Gasteiger partial charge in [-0.05, 0) is 18.2 Å². The number of hydrogen-bond acceptors (Lipinski definition) is 3. The SMILES string of the molecule is CC(C)NCCN(C)c1ccc2c(c1)ncn2C. The number of imidazole rings is 1. The van der Waals surface area contributed by atoms with Crippen molar-refractivity contribution in [1.82, 2.24) is 14.9 Å². The number of hydrogen-bond donors (Lipinski definition) is 1. The number of rotatable bonds is 5. The number of anilines is 1. The maximum atomic E-state index is 4.39. The number of nitrogens with zero attached hydrogens (tertiary/aromatic N) is 3. The van der Waals surface area contributed by atoms with Gasteiger partial charge in [0.15, 0.2) is 0 Å². The predicted molar refractivity (Wildman–Crippen MR) is 77.1 cm³/mol. The van der Waals surface area contributed by atoms with E-state index in [4.69, 9.17) is 0 Å². The number of benzene rings is 1. The van der Waals surface area contributed by atoms with E-state index in [1.165, 1.54) is 11.2 Å². The predicted octanol–water partition coefficient (Wildman–Crippen LogP) is 2.01. The van der Waals surface area contributed by atoms with Crippen molar-refractivity contribution in [2.45, 2.75) is 19.9 Å². The van der Waals surface area contributed by atoms with Crippen molar-refractivity contribution in [1.29, 1.82) is 0 Å². The molecule has 0 aliphatic carbocycles. The molecule has 1 aromatic heterocycles. The van der Waals surface area contributed by atoms with E-state index in [0.29, 0.717) is 6.04 Å². The minimum Gasteiger partial charge on any atom is -0.373 e. The van der Waals surface area contributed by atoms with E-state index < -0.39 is 0 Å². The molecule has 2 aromatic rings. The van der Waals surface area contributed by atoms with E-state index >= 15 is 0 Å². The summed E-state index contributed by atoms with van der Waals surface area (Å²) < 4.78 is 2.04. The first-order valence-corrected chi connectivity index (χ1v) is 6.43. The molecule has 0 atom stereocenters. The lowest BCUT2D eigenvalue weighted by Crippen LogP contribution is -2.32. The molecule has 0 bridgehead atoms. The van der Waals surface area contributed by atoms with Crippen molar-refractivity contribution in [2.75, 3.05) is 25.0 Å². The molecule has 1 heterocycles. The summed E-state index contributed by atoms with van der Waals surface area (Å²) in [6.07, 6.45) is 1.86. The molecule has 0 fully saturated rings. The van der Waals surface area contributed by atoms with Gasteiger partial charge in [-0.1, -0.05) is 13.8 Å². The summed E-state index contributed by atoms with van der Waals surface area (Å²) >= 11 is 0. The first kappa shape index (κ1) is 12.9. The van der Waals surface area contributed by atoms with Crippen molar-refractivity contribution in [3.8, 4) is 0 Å². The largest absolute Gasteiger partial charge is 0.373 e. The van der Waals surface area contributed by atoms with Crippen LogP contribution in [0.25, 0.3) is 11.0 Å². The van der Waals surface area contributed by atoms with Crippen LogP contribution in [0.1, 0.15) is 13.8 Å². The Kier molecular flexibility index (Phi) is 3.87. The Morgan fingerprint density at radius 2 is 2.17 bits per heavy atom. The molecule has 0 saturated heterocycles. The third-order valence-electron chi connectivity index (χ3n) is 3.15. The Morgan fingerprint density at radius 3 is 2.89 bits per heavy atom. The van der Waals surface area contributed by atoms with E-state index in [-0.39, 0.29) is 0 Å². The quantitative estimate of drug-likeness (QED) is 0.876. The third kappa shape index (κ3) is 2.82. The van der Waals surface area contributed by atoms with Crippen LogP contribution in [-0.2, 0) is 7.05 Å². The fraction of sp³-hybridized carbons (Fsp3) is 0.500. The van der Waals surface area contributed by atoms with Crippen molar-refractivity contribution >= 4 is 16.7 Å². The van der Waals surface area contributed by atoms with Gasteiger partial charge in [0.1, 0.15) is 0 Å². The third-order valence-corrected chi connectivity index (χ3v) is 3.15. The van der Waals surface area contributed by atoms with Gasteiger partial charge < -0.3 is 14.8 Å². The maximum absolute atomic E-state index is 4.39. The molecule has 1 aromatic carbocycles. The van der Waals surface area contributed by atoms with Gasteiger partial charge in [-0.3, -0.25) is 0 Å². The van der Waals surface area contributed by atoms with E-state index in [1.54, 1.807) is 0 Å². The highest BCUT2D eigenvalue weighted by Gasteiger charge is 2.05. The van der Waals surface area contributed by atoms with Crippen molar-refractivity contribution in [3.05, 3.63) is 24.5 Å². The lowest BCUT2D eigenvalue weighted by Gasteiger charge is -2.20. The molecule has 4 heteroatoms. The number of likely N-dealkylation sites (N-methyl/N-ethyl adjacent to an activating group) is 1. The van der Waals surface area contributed by atoms with Gasteiger partial charge >= 0.3 is 0 Å². The minimum absolute atomic E-state index is 0.539. The number of nitrogens with one attached hydrogen (secondary N) is 1. The Morgan fingerprint density at radius 1 is 1.39 bits per heavy atom. The Balaban J connectivity index is 2.06. The summed E-state index contributed by atoms with van der Waals surface area (Å²) in [5.41, 5.74) is 3.44. The molecular formula is C14H22N4. The number of fused-ring (bicyclic) bond motifs is 1. The van der Waals surface area contributed by atoms with Crippen molar-refractivity contribution in [2.24, 2.45) is 7.05 Å². The summed E-state index contributed by atoms with van der Waals surface area (Å²) in [5, 5.41) is 3.43. The molecule has 18 heavy (non-hydrogen) atoms. The minimum atomic E-state index is 0.539. The Hall–Kier alpha value is -1.55. The molecule has 1 N–H and O–H groups in total. The molecule has 2 rings (SSSR count). The number of aryl methyl sites for hydroxylation is 1. The molecule has 0 saturated carbocycles. The highest BCUT2D eigenvalue weighted by molar-refractivity contribution is 5.79. The standard InChI is InChI=1S/C14H22N4/c1-11(2)15-7-8-17(3)12-5-6-14-13(9-12)16-10-18(14)4/h5-6,9-11,15H,7-8H2,1-4H3. The number of aromatic nitrogens is 2.